The maximum Gasteiger partial charge on any atom is 0.225 e. The second-order valence-corrected chi connectivity index (χ2v) is 6.67. The molecule has 4 aromatic carbocycles. The first-order chi connectivity index (χ1) is 12.3. The molecule has 5 rings (SSSR count). The molecular formula is C23H17NO. The Hall–Kier alpha value is -3.13. The van der Waals surface area contributed by atoms with Crippen LogP contribution in [0.2, 0.25) is 0 Å². The van der Waals surface area contributed by atoms with Gasteiger partial charge in [0.25, 0.3) is 0 Å². The lowest BCUT2D eigenvalue weighted by Gasteiger charge is -2.27. The van der Waals surface area contributed by atoms with Crippen LogP contribution in [-0.4, -0.2) is 5.91 Å². The van der Waals surface area contributed by atoms with E-state index in [-0.39, 0.29) is 11.8 Å². The van der Waals surface area contributed by atoms with Gasteiger partial charge in [-0.15, -0.1) is 0 Å². The van der Waals surface area contributed by atoms with E-state index in [1.54, 1.807) is 0 Å². The summed E-state index contributed by atoms with van der Waals surface area (Å²) < 4.78 is 0. The van der Waals surface area contributed by atoms with E-state index in [2.05, 4.69) is 66.0 Å². The van der Waals surface area contributed by atoms with Crippen LogP contribution in [0, 0.1) is 0 Å². The summed E-state index contributed by atoms with van der Waals surface area (Å²) in [6.07, 6.45) is 0.496. The molecule has 25 heavy (non-hydrogen) atoms. The lowest BCUT2D eigenvalue weighted by Crippen LogP contribution is -2.23. The first kappa shape index (κ1) is 14.2. The van der Waals surface area contributed by atoms with Gasteiger partial charge in [-0.25, -0.2) is 0 Å². The van der Waals surface area contributed by atoms with Crippen LogP contribution in [0.5, 0.6) is 0 Å². The van der Waals surface area contributed by atoms with Gasteiger partial charge in [0.15, 0.2) is 0 Å². The minimum Gasteiger partial charge on any atom is -0.325 e. The number of hydrogen-bond acceptors (Lipinski definition) is 1. The number of nitrogens with one attached hydrogen (secondary N) is 1. The lowest BCUT2D eigenvalue weighted by atomic mass is 9.83. The Labute approximate surface area is 146 Å². The van der Waals surface area contributed by atoms with Crippen LogP contribution in [0.3, 0.4) is 0 Å². The zero-order chi connectivity index (χ0) is 16.8. The van der Waals surface area contributed by atoms with Gasteiger partial charge in [0, 0.05) is 17.7 Å². The van der Waals surface area contributed by atoms with Crippen LogP contribution >= 0.6 is 0 Å². The molecule has 0 spiro atoms. The second kappa shape index (κ2) is 5.45. The van der Waals surface area contributed by atoms with E-state index in [9.17, 15) is 4.79 Å². The summed E-state index contributed by atoms with van der Waals surface area (Å²) in [6.45, 7) is 0. The quantitative estimate of drug-likeness (QED) is 0.463. The van der Waals surface area contributed by atoms with E-state index >= 15 is 0 Å². The highest BCUT2D eigenvalue weighted by Gasteiger charge is 2.27. The molecule has 0 fully saturated rings. The van der Waals surface area contributed by atoms with Gasteiger partial charge in [-0.05, 0) is 39.4 Å². The van der Waals surface area contributed by atoms with Crippen molar-refractivity contribution >= 4 is 33.1 Å². The number of rotatable bonds is 1. The van der Waals surface area contributed by atoms with Gasteiger partial charge in [0.05, 0.1) is 5.69 Å². The normalized spacial score (nSPS) is 16.6. The average Bonchev–Trinajstić information content (AvgIpc) is 2.66. The summed E-state index contributed by atoms with van der Waals surface area (Å²) in [6, 6.07) is 27.4. The average molecular weight is 323 g/mol. The van der Waals surface area contributed by atoms with Crippen molar-refractivity contribution in [3.63, 3.8) is 0 Å². The molecule has 1 unspecified atom stereocenters. The van der Waals surface area contributed by atoms with Crippen molar-refractivity contribution in [2.24, 2.45) is 0 Å². The topological polar surface area (TPSA) is 29.1 Å². The van der Waals surface area contributed by atoms with Gasteiger partial charge in [-0.1, -0.05) is 66.7 Å². The third-order valence-corrected chi connectivity index (χ3v) is 5.15. The predicted octanol–water partition coefficient (Wildman–Crippen LogP) is 5.47. The lowest BCUT2D eigenvalue weighted by molar-refractivity contribution is -0.116. The maximum absolute atomic E-state index is 12.4. The fourth-order valence-electron chi connectivity index (χ4n) is 3.93. The van der Waals surface area contributed by atoms with Crippen LogP contribution in [-0.2, 0) is 4.79 Å². The van der Waals surface area contributed by atoms with E-state index < -0.39 is 0 Å². The molecule has 120 valence electrons. The number of fused-ring (bicyclic) bond motifs is 4. The minimum atomic E-state index is 0.0852. The van der Waals surface area contributed by atoms with Gasteiger partial charge >= 0.3 is 0 Å². The zero-order valence-corrected chi connectivity index (χ0v) is 13.7. The third-order valence-electron chi connectivity index (χ3n) is 5.15. The van der Waals surface area contributed by atoms with Gasteiger partial charge in [0.1, 0.15) is 0 Å². The minimum absolute atomic E-state index is 0.0852. The van der Waals surface area contributed by atoms with Gasteiger partial charge in [-0.2, -0.15) is 0 Å². The van der Waals surface area contributed by atoms with E-state index in [0.717, 1.165) is 16.5 Å². The molecule has 0 saturated heterocycles. The fourth-order valence-corrected chi connectivity index (χ4v) is 3.93. The molecule has 0 aliphatic carbocycles. The van der Waals surface area contributed by atoms with Crippen LogP contribution in [0.25, 0.3) is 21.5 Å². The molecule has 1 heterocycles. The molecule has 2 heteroatoms. The number of anilines is 1. The van der Waals surface area contributed by atoms with E-state index in [0.29, 0.717) is 6.42 Å². The van der Waals surface area contributed by atoms with Crippen LogP contribution in [0.15, 0.2) is 78.9 Å². The number of carbonyl (C=O) groups excluding carboxylic acids is 1. The number of benzene rings is 4. The molecule has 2 nitrogen and oxygen atoms in total. The first-order valence-electron chi connectivity index (χ1n) is 8.60. The first-order valence-corrected chi connectivity index (χ1v) is 8.60. The molecule has 0 bridgehead atoms. The van der Waals surface area contributed by atoms with Crippen LogP contribution in [0.1, 0.15) is 23.5 Å². The summed E-state index contributed by atoms with van der Waals surface area (Å²) in [5.74, 6) is 0.197. The monoisotopic (exact) mass is 323 g/mol. The predicted molar refractivity (Wildman–Crippen MR) is 103 cm³/mol. The number of hydrogen-bond donors (Lipinski definition) is 1. The third kappa shape index (κ3) is 2.30. The Morgan fingerprint density at radius 3 is 2.28 bits per heavy atom. The van der Waals surface area contributed by atoms with E-state index in [4.69, 9.17) is 0 Å². The molecule has 4 aromatic rings. The smallest absolute Gasteiger partial charge is 0.225 e. The van der Waals surface area contributed by atoms with Crippen molar-refractivity contribution in [2.75, 3.05) is 5.32 Å². The summed E-state index contributed by atoms with van der Waals surface area (Å²) in [5, 5.41) is 7.82. The van der Waals surface area contributed by atoms with E-state index in [1.165, 1.54) is 21.9 Å². The van der Waals surface area contributed by atoms with Gasteiger partial charge in [-0.3, -0.25) is 4.79 Å². The largest absolute Gasteiger partial charge is 0.325 e. The van der Waals surface area contributed by atoms with Crippen molar-refractivity contribution in [1.29, 1.82) is 0 Å². The SMILES string of the molecule is O=C1CC(c2ccccc2)c2ccc3cc4ccccc4cc3c2N1. The molecule has 0 saturated carbocycles. The van der Waals surface area contributed by atoms with Crippen molar-refractivity contribution < 1.29 is 4.79 Å². The van der Waals surface area contributed by atoms with Crippen molar-refractivity contribution in [1.82, 2.24) is 0 Å². The second-order valence-electron chi connectivity index (χ2n) is 6.67. The molecular weight excluding hydrogens is 306 g/mol. The van der Waals surface area contributed by atoms with Crippen molar-refractivity contribution in [2.45, 2.75) is 12.3 Å². The Morgan fingerprint density at radius 1 is 0.760 bits per heavy atom. The van der Waals surface area contributed by atoms with Crippen molar-refractivity contribution in [3.05, 3.63) is 90.0 Å². The molecule has 1 amide bonds. The van der Waals surface area contributed by atoms with Gasteiger partial charge in [0.2, 0.25) is 5.91 Å². The number of carbonyl (C=O) groups is 1. The van der Waals surface area contributed by atoms with Crippen LogP contribution in [0.4, 0.5) is 5.69 Å². The highest BCUT2D eigenvalue weighted by molar-refractivity contribution is 6.10. The summed E-state index contributed by atoms with van der Waals surface area (Å²) in [7, 11) is 0. The highest BCUT2D eigenvalue weighted by atomic mass is 16.1. The summed E-state index contributed by atoms with van der Waals surface area (Å²) in [4.78, 5) is 12.4. The highest BCUT2D eigenvalue weighted by Crippen LogP contribution is 2.41. The standard InChI is InChI=1S/C23H17NO/c25-22-14-20(15-6-2-1-3-7-15)19-11-10-18-12-16-8-4-5-9-17(16)13-21(18)23(19)24-22/h1-13,20H,14H2,(H,24,25). The molecule has 1 N–H and O–H groups in total. The Kier molecular flexibility index (Phi) is 3.10. The molecule has 0 aromatic heterocycles. The van der Waals surface area contributed by atoms with Crippen molar-refractivity contribution in [3.8, 4) is 0 Å². The Morgan fingerprint density at radius 2 is 1.48 bits per heavy atom. The zero-order valence-electron chi connectivity index (χ0n) is 13.7. The maximum atomic E-state index is 12.4. The summed E-state index contributed by atoms with van der Waals surface area (Å²) >= 11 is 0. The number of amides is 1. The molecule has 0 radical (unpaired) electrons. The molecule has 1 atom stereocenters. The van der Waals surface area contributed by atoms with Gasteiger partial charge < -0.3 is 5.32 Å². The Bertz CT molecular complexity index is 1110. The molecule has 1 aliphatic heterocycles. The summed E-state index contributed by atoms with van der Waals surface area (Å²) in [5.41, 5.74) is 3.36. The fraction of sp³-hybridized carbons (Fsp3) is 0.0870. The van der Waals surface area contributed by atoms with E-state index in [1.807, 2.05) is 18.2 Å². The van der Waals surface area contributed by atoms with Crippen LogP contribution < -0.4 is 5.32 Å². The molecule has 1 aliphatic rings. The Balaban J connectivity index is 1.78.